The van der Waals surface area contributed by atoms with Crippen molar-refractivity contribution in [2.75, 3.05) is 13.1 Å². The number of benzene rings is 1. The normalized spacial score (nSPS) is 11.4. The van der Waals surface area contributed by atoms with E-state index in [-0.39, 0.29) is 18.2 Å². The van der Waals surface area contributed by atoms with E-state index in [0.717, 1.165) is 30.9 Å². The molecule has 2 aromatic rings. The summed E-state index contributed by atoms with van der Waals surface area (Å²) in [7, 11) is 0. The van der Waals surface area contributed by atoms with Crippen LogP contribution in [0.2, 0.25) is 0 Å². The molecule has 0 bridgehead atoms. The number of para-hydroxylation sites is 1. The second kappa shape index (κ2) is 8.35. The summed E-state index contributed by atoms with van der Waals surface area (Å²) in [6, 6.07) is 7.52. The molecule has 2 rings (SSSR count). The Balaban J connectivity index is 0.00000288. The van der Waals surface area contributed by atoms with E-state index in [2.05, 4.69) is 9.88 Å². The Morgan fingerprint density at radius 2 is 1.75 bits per heavy atom. The van der Waals surface area contributed by atoms with Gasteiger partial charge in [0.1, 0.15) is 11.4 Å². The van der Waals surface area contributed by atoms with Crippen LogP contribution in [0.15, 0.2) is 36.5 Å². The lowest BCUT2D eigenvalue weighted by Crippen LogP contribution is -2.22. The van der Waals surface area contributed by atoms with E-state index in [1.54, 1.807) is 12.1 Å². The minimum atomic E-state index is -4.47. The monoisotopic (exact) mass is 360 g/mol. The molecule has 1 aromatic carbocycles. The fourth-order valence-corrected chi connectivity index (χ4v) is 2.36. The summed E-state index contributed by atoms with van der Waals surface area (Å²) in [6.07, 6.45) is -3.33. The molecule has 0 spiro atoms. The Hall–Kier alpha value is -1.79. The third-order valence-corrected chi connectivity index (χ3v) is 3.77. The molecule has 0 aliphatic rings. The molecule has 132 valence electrons. The minimum absolute atomic E-state index is 0. The second-order valence-electron chi connectivity index (χ2n) is 5.20. The predicted octanol–water partition coefficient (Wildman–Crippen LogP) is 4.74. The highest BCUT2D eigenvalue weighted by Gasteiger charge is 2.32. The van der Waals surface area contributed by atoms with Crippen LogP contribution in [0.1, 0.15) is 25.1 Å². The van der Waals surface area contributed by atoms with Gasteiger partial charge in [-0.25, -0.2) is 0 Å². The van der Waals surface area contributed by atoms with Gasteiger partial charge in [-0.05, 0) is 19.2 Å². The van der Waals surface area contributed by atoms with Gasteiger partial charge in [0.25, 0.3) is 0 Å². The van der Waals surface area contributed by atoms with Gasteiger partial charge in [0.2, 0.25) is 0 Å². The van der Waals surface area contributed by atoms with Crippen molar-refractivity contribution in [3.05, 3.63) is 47.8 Å². The van der Waals surface area contributed by atoms with Crippen LogP contribution in [0.25, 0.3) is 11.1 Å². The van der Waals surface area contributed by atoms with Crippen molar-refractivity contribution in [3.63, 3.8) is 0 Å². The Labute approximate surface area is 145 Å². The summed E-state index contributed by atoms with van der Waals surface area (Å²) in [5.41, 5.74) is 0.735. The number of halogens is 4. The van der Waals surface area contributed by atoms with Gasteiger partial charge in [0.15, 0.2) is 0 Å². The molecule has 3 nitrogen and oxygen atoms in total. The highest BCUT2D eigenvalue weighted by molar-refractivity contribution is 5.85. The van der Waals surface area contributed by atoms with Gasteiger partial charge in [-0.2, -0.15) is 13.2 Å². The van der Waals surface area contributed by atoms with Crippen molar-refractivity contribution in [3.8, 4) is 16.9 Å². The molecule has 7 heteroatoms. The van der Waals surface area contributed by atoms with E-state index in [1.807, 2.05) is 19.9 Å². The molecule has 0 saturated carbocycles. The van der Waals surface area contributed by atoms with Gasteiger partial charge in [0, 0.05) is 29.4 Å². The topological polar surface area (TPSA) is 36.4 Å². The van der Waals surface area contributed by atoms with Crippen molar-refractivity contribution in [1.29, 1.82) is 0 Å². The Morgan fingerprint density at radius 3 is 2.25 bits per heavy atom. The van der Waals surface area contributed by atoms with Crippen LogP contribution in [0.3, 0.4) is 0 Å². The molecule has 0 aliphatic carbocycles. The van der Waals surface area contributed by atoms with Crippen LogP contribution < -0.4 is 0 Å². The molecule has 0 atom stereocenters. The lowest BCUT2D eigenvalue weighted by molar-refractivity contribution is -0.141. The molecule has 0 aliphatic heterocycles. The first kappa shape index (κ1) is 20.3. The summed E-state index contributed by atoms with van der Waals surface area (Å²) in [5, 5.41) is 10.4. The van der Waals surface area contributed by atoms with Gasteiger partial charge >= 0.3 is 6.18 Å². The molecular weight excluding hydrogens is 341 g/mol. The Bertz CT molecular complexity index is 656. The number of aromatic hydroxyl groups is 1. The molecule has 1 N–H and O–H groups in total. The first-order valence-corrected chi connectivity index (χ1v) is 7.43. The van der Waals surface area contributed by atoms with E-state index in [9.17, 15) is 18.3 Å². The molecule has 1 heterocycles. The average molecular weight is 361 g/mol. The predicted molar refractivity (Wildman–Crippen MR) is 90.2 cm³/mol. The number of hydrogen-bond acceptors (Lipinski definition) is 3. The highest BCUT2D eigenvalue weighted by Crippen LogP contribution is 2.34. The number of pyridine rings is 1. The Kier molecular flexibility index (Phi) is 7.05. The lowest BCUT2D eigenvalue weighted by Gasteiger charge is -2.19. The molecule has 0 saturated heterocycles. The van der Waals surface area contributed by atoms with Gasteiger partial charge in [0.05, 0.1) is 0 Å². The van der Waals surface area contributed by atoms with Crippen LogP contribution in [0, 0.1) is 0 Å². The molecule has 24 heavy (non-hydrogen) atoms. The zero-order chi connectivity index (χ0) is 17.0. The summed E-state index contributed by atoms with van der Waals surface area (Å²) in [6.45, 7) is 6.35. The third-order valence-electron chi connectivity index (χ3n) is 3.77. The van der Waals surface area contributed by atoms with Crippen LogP contribution in [0.5, 0.6) is 5.75 Å². The summed E-state index contributed by atoms with van der Waals surface area (Å²) in [4.78, 5) is 5.59. The average Bonchev–Trinajstić information content (AvgIpc) is 2.53. The fourth-order valence-electron chi connectivity index (χ4n) is 2.36. The molecular formula is C17H20ClF3N2O. The summed E-state index contributed by atoms with van der Waals surface area (Å²) < 4.78 is 37.7. The van der Waals surface area contributed by atoms with Crippen molar-refractivity contribution in [2.24, 2.45) is 0 Å². The third kappa shape index (κ3) is 4.61. The molecule has 0 fully saturated rings. The van der Waals surface area contributed by atoms with Gasteiger partial charge in [-0.1, -0.05) is 38.1 Å². The number of phenols is 1. The zero-order valence-corrected chi connectivity index (χ0v) is 14.3. The largest absolute Gasteiger partial charge is 0.507 e. The maximum atomic E-state index is 12.6. The zero-order valence-electron chi connectivity index (χ0n) is 13.5. The van der Waals surface area contributed by atoms with E-state index in [0.29, 0.717) is 17.7 Å². The number of aromatic nitrogens is 1. The number of phenolic OH excluding ortho intramolecular Hbond substituents is 1. The van der Waals surface area contributed by atoms with Crippen LogP contribution in [-0.4, -0.2) is 28.1 Å². The van der Waals surface area contributed by atoms with Crippen molar-refractivity contribution in [2.45, 2.75) is 26.6 Å². The first-order chi connectivity index (χ1) is 10.9. The number of rotatable bonds is 5. The Morgan fingerprint density at radius 1 is 1.08 bits per heavy atom. The highest BCUT2D eigenvalue weighted by atomic mass is 35.5. The minimum Gasteiger partial charge on any atom is -0.507 e. The summed E-state index contributed by atoms with van der Waals surface area (Å²) >= 11 is 0. The van der Waals surface area contributed by atoms with E-state index < -0.39 is 11.9 Å². The van der Waals surface area contributed by atoms with Crippen LogP contribution in [0.4, 0.5) is 13.2 Å². The lowest BCUT2D eigenvalue weighted by atomic mass is 10.0. The van der Waals surface area contributed by atoms with E-state index >= 15 is 0 Å². The van der Waals surface area contributed by atoms with Crippen molar-refractivity contribution in [1.82, 2.24) is 9.88 Å². The smallest absolute Gasteiger partial charge is 0.433 e. The van der Waals surface area contributed by atoms with Gasteiger partial charge in [-0.3, -0.25) is 9.88 Å². The van der Waals surface area contributed by atoms with Gasteiger partial charge < -0.3 is 5.11 Å². The standard InChI is InChI=1S/C17H19F3N2O.ClH/c1-3-22(4-2)11-13-6-5-7-14(16(13)23)12-8-9-15(21-10-12)17(18,19)20;/h5-10,23H,3-4,11H2,1-2H3;1H. The number of alkyl halides is 3. The van der Waals surface area contributed by atoms with Crippen LogP contribution in [-0.2, 0) is 12.7 Å². The van der Waals surface area contributed by atoms with E-state index in [1.165, 1.54) is 6.07 Å². The van der Waals surface area contributed by atoms with Crippen molar-refractivity contribution < 1.29 is 18.3 Å². The molecule has 1 aromatic heterocycles. The second-order valence-corrected chi connectivity index (χ2v) is 5.20. The molecule has 0 unspecified atom stereocenters. The quantitative estimate of drug-likeness (QED) is 0.836. The van der Waals surface area contributed by atoms with Crippen LogP contribution >= 0.6 is 12.4 Å². The van der Waals surface area contributed by atoms with E-state index in [4.69, 9.17) is 0 Å². The summed E-state index contributed by atoms with van der Waals surface area (Å²) in [5.74, 6) is 0.0842. The fraction of sp³-hybridized carbons (Fsp3) is 0.353. The molecule has 0 amide bonds. The van der Waals surface area contributed by atoms with Crippen molar-refractivity contribution >= 4 is 12.4 Å². The van der Waals surface area contributed by atoms with Gasteiger partial charge in [-0.15, -0.1) is 12.4 Å². The maximum absolute atomic E-state index is 12.6. The number of nitrogens with zero attached hydrogens (tertiary/aromatic N) is 2. The number of hydrogen-bond donors (Lipinski definition) is 1. The molecule has 0 radical (unpaired) electrons. The maximum Gasteiger partial charge on any atom is 0.433 e. The first-order valence-electron chi connectivity index (χ1n) is 7.43. The SMILES string of the molecule is CCN(CC)Cc1cccc(-c2ccc(C(F)(F)F)nc2)c1O.Cl.